The van der Waals surface area contributed by atoms with Crippen molar-refractivity contribution < 1.29 is 63.7 Å². The van der Waals surface area contributed by atoms with Crippen LogP contribution in [0.1, 0.15) is 106 Å². The number of allylic oxidation sites excluding steroid dienone is 2. The number of aliphatic hydroxyl groups excluding tert-OH is 2. The number of aliphatic hydroxyl groups is 2. The van der Waals surface area contributed by atoms with E-state index in [0.29, 0.717) is 24.7 Å². The topological polar surface area (TPSA) is 288 Å². The molecule has 9 N–H and O–H groups in total. The molecule has 2 aromatic carbocycles. The number of fused-ring (bicyclic) bond motifs is 14. The first-order valence-corrected chi connectivity index (χ1v) is 24.7. The van der Waals surface area contributed by atoms with E-state index < -0.39 is 88.8 Å². The second kappa shape index (κ2) is 24.0. The molecule has 1 saturated carbocycles. The van der Waals surface area contributed by atoms with Crippen molar-refractivity contribution in [1.82, 2.24) is 20.3 Å². The molecule has 2 fully saturated rings. The Morgan fingerprint density at radius 3 is 2.21 bits per heavy atom. The molecule has 9 atom stereocenters. The van der Waals surface area contributed by atoms with Crippen molar-refractivity contribution >= 4 is 46.2 Å². The summed E-state index contributed by atoms with van der Waals surface area (Å²) in [6.45, 7) is 15.4. The first-order valence-electron chi connectivity index (χ1n) is 24.7. The molecule has 73 heavy (non-hydrogen) atoms. The van der Waals surface area contributed by atoms with Gasteiger partial charge in [-0.1, -0.05) is 58.8 Å². The van der Waals surface area contributed by atoms with Gasteiger partial charge >= 0.3 is 11.8 Å². The maximum absolute atomic E-state index is 14.5. The number of nitrogen functional groups attached to an aromatic ring is 1. The minimum absolute atomic E-state index is 0.0631. The number of nitrogens with one attached hydrogen (secondary N) is 2. The van der Waals surface area contributed by atoms with Crippen molar-refractivity contribution in [2.24, 2.45) is 34.6 Å². The van der Waals surface area contributed by atoms with Crippen LogP contribution in [0.15, 0.2) is 65.8 Å². The third-order valence-electron chi connectivity index (χ3n) is 14.6. The highest BCUT2D eigenvalue weighted by Crippen LogP contribution is 2.55. The Labute approximate surface area is 425 Å². The molecular formula is C53H71N7O13. The van der Waals surface area contributed by atoms with E-state index in [2.05, 4.69) is 20.3 Å². The summed E-state index contributed by atoms with van der Waals surface area (Å²) in [5.74, 6) is -3.70. The summed E-state index contributed by atoms with van der Waals surface area (Å²) >= 11 is 0. The average Bonchev–Trinajstić information content (AvgIpc) is 4.02. The summed E-state index contributed by atoms with van der Waals surface area (Å²) in [4.78, 5) is 57.7. The van der Waals surface area contributed by atoms with E-state index in [0.717, 1.165) is 13.1 Å². The number of benzene rings is 2. The fraction of sp³-hybridized carbons (Fsp3) is 0.509. The summed E-state index contributed by atoms with van der Waals surface area (Å²) in [6, 6.07) is 3.72. The molecule has 5 heterocycles. The number of phenols is 3. The van der Waals surface area contributed by atoms with Crippen molar-refractivity contribution in [3.8, 4) is 23.0 Å². The van der Waals surface area contributed by atoms with Crippen molar-refractivity contribution in [1.29, 1.82) is 0 Å². The van der Waals surface area contributed by atoms with Gasteiger partial charge in [-0.25, -0.2) is 5.84 Å². The number of hydrazine groups is 1. The smallest absolute Gasteiger partial charge is 0.312 e. The molecule has 0 unspecified atom stereocenters. The lowest BCUT2D eigenvalue weighted by molar-refractivity contribution is -0.160. The summed E-state index contributed by atoms with van der Waals surface area (Å²) in [5.41, 5.74) is 2.23. The van der Waals surface area contributed by atoms with Crippen molar-refractivity contribution in [3.05, 3.63) is 82.9 Å². The normalized spacial score (nSPS) is 29.2. The van der Waals surface area contributed by atoms with E-state index in [4.69, 9.17) is 24.8 Å². The van der Waals surface area contributed by atoms with Gasteiger partial charge in [-0.2, -0.15) is 5.10 Å². The molecule has 0 radical (unpaired) electrons. The molecular weight excluding hydrogens is 943 g/mol. The molecule has 20 heteroatoms. The lowest BCUT2D eigenvalue weighted by Gasteiger charge is -2.38. The van der Waals surface area contributed by atoms with Crippen LogP contribution < -0.4 is 21.3 Å². The fourth-order valence-corrected chi connectivity index (χ4v) is 10.1. The highest BCUT2D eigenvalue weighted by molar-refractivity contribution is 6.24. The number of nitrogens with zero attached hydrogens (tertiary/aromatic N) is 4. The lowest BCUT2D eigenvalue weighted by atomic mass is 9.78. The number of nitrogens with two attached hydrogens (primary N) is 1. The molecule has 5 aliphatic rings. The molecule has 3 aromatic rings. The van der Waals surface area contributed by atoms with Gasteiger partial charge < -0.3 is 49.8 Å². The number of amides is 2. The van der Waals surface area contributed by atoms with Gasteiger partial charge in [0.1, 0.15) is 23.4 Å². The van der Waals surface area contributed by atoms with Gasteiger partial charge in [-0.15, -0.1) is 0 Å². The predicted octanol–water partition coefficient (Wildman–Crippen LogP) is 5.33. The zero-order valence-electron chi connectivity index (χ0n) is 43.0. The molecule has 1 saturated heterocycles. The zero-order valence-corrected chi connectivity index (χ0v) is 43.0. The number of pyridine rings is 1. The monoisotopic (exact) mass is 1010 g/mol. The average molecular weight is 1010 g/mol. The Morgan fingerprint density at radius 2 is 1.59 bits per heavy atom. The first kappa shape index (κ1) is 55.7. The quantitative estimate of drug-likeness (QED) is 0.0294. The number of hydrogen-bond donors (Lipinski definition) is 8. The van der Waals surface area contributed by atoms with E-state index in [1.165, 1.54) is 97.5 Å². The summed E-state index contributed by atoms with van der Waals surface area (Å²) in [6.07, 6.45) is 12.8. The summed E-state index contributed by atoms with van der Waals surface area (Å²) in [5, 5.41) is 67.6. The van der Waals surface area contributed by atoms with Crippen LogP contribution in [0.25, 0.3) is 10.8 Å². The highest BCUT2D eigenvalue weighted by Gasteiger charge is 2.50. The van der Waals surface area contributed by atoms with Gasteiger partial charge in [0.05, 0.1) is 53.0 Å². The lowest BCUT2D eigenvalue weighted by Crippen LogP contribution is -2.47. The van der Waals surface area contributed by atoms with E-state index in [9.17, 15) is 44.7 Å². The largest absolute Gasteiger partial charge is 0.507 e. The van der Waals surface area contributed by atoms with E-state index in [1.807, 2.05) is 10.4 Å². The Bertz CT molecular complexity index is 2630. The second-order valence-electron chi connectivity index (χ2n) is 19.5. The number of esters is 1. The van der Waals surface area contributed by atoms with Crippen LogP contribution in [-0.2, 0) is 23.8 Å². The number of methoxy groups -OCH3 is 1. The number of piperazine rings is 1. The molecule has 1 aliphatic carbocycles. The summed E-state index contributed by atoms with van der Waals surface area (Å²) < 4.78 is 23.7. The maximum Gasteiger partial charge on any atom is 0.312 e. The maximum atomic E-state index is 14.5. The third-order valence-corrected chi connectivity index (χ3v) is 14.6. The number of Topliss-reactive ketones (excluding diaryl/α,β-unsaturated/α-hetero) is 1. The van der Waals surface area contributed by atoms with Crippen LogP contribution in [0.4, 0.5) is 5.69 Å². The molecule has 20 nitrogen and oxygen atoms in total. The van der Waals surface area contributed by atoms with Crippen LogP contribution in [0, 0.1) is 30.6 Å². The minimum Gasteiger partial charge on any atom is -0.507 e. The third kappa shape index (κ3) is 12.1. The number of ketones is 1. The van der Waals surface area contributed by atoms with Gasteiger partial charge in [-0.05, 0) is 44.9 Å². The molecule has 2 amide bonds. The Kier molecular flexibility index (Phi) is 18.3. The molecule has 396 valence electrons. The standard InChI is InChI=1S/C47H64N4O12.C6H7N3O/c1-24-13-12-14-25(2)46(59)49-37-32(23-48-51-20-18-50(19-21-51)31-15-10-11-16-31)41(56)34-35(42(37)57)40(55)29(6)44-36(34)45(58)47(8,63-44)61-22-17-33(60-9)26(3)43(62-30(7)52)28(5)39(54)27(4)38(24)53;7-9-6(10)5-1-3-8-4-2-5/h12-14,17,22-24,26-28,31,33,38-39,43,53-57H,10-11,15-16,18-21H2,1-9H3,(H,49,59);1-4H,7H2,(H,9,10)/b13-12+,22-17+,25-14-,48-23+;/t24-,26+,27-,28-,33+,38-,39-,43-,47+;/m1./s1. The number of carbonyl (C=O) groups is 4. The fourth-order valence-electron chi connectivity index (χ4n) is 10.1. The minimum atomic E-state index is -2.04. The molecule has 8 rings (SSSR count). The van der Waals surface area contributed by atoms with Crippen molar-refractivity contribution in [2.45, 2.75) is 117 Å². The Hall–Kier alpha value is -6.58. The second-order valence-corrected chi connectivity index (χ2v) is 19.5. The van der Waals surface area contributed by atoms with E-state index >= 15 is 0 Å². The van der Waals surface area contributed by atoms with Crippen LogP contribution >= 0.6 is 0 Å². The van der Waals surface area contributed by atoms with Crippen LogP contribution in [0.2, 0.25) is 0 Å². The number of ether oxygens (including phenoxy) is 4. The van der Waals surface area contributed by atoms with Gasteiger partial charge in [0, 0.05) is 111 Å². The van der Waals surface area contributed by atoms with E-state index in [-0.39, 0.29) is 50.4 Å². The number of anilines is 1. The van der Waals surface area contributed by atoms with Crippen LogP contribution in [-0.4, -0.2) is 140 Å². The Balaban J connectivity index is 0.000000775. The van der Waals surface area contributed by atoms with Gasteiger partial charge in [0.25, 0.3) is 17.6 Å². The molecule has 1 aromatic heterocycles. The Morgan fingerprint density at radius 1 is 0.932 bits per heavy atom. The number of carbonyl (C=O) groups excluding carboxylic acids is 4. The predicted molar refractivity (Wildman–Crippen MR) is 273 cm³/mol. The number of hydrogen-bond acceptors (Lipinski definition) is 18. The number of aromatic nitrogens is 1. The van der Waals surface area contributed by atoms with E-state index in [1.54, 1.807) is 52.0 Å². The van der Waals surface area contributed by atoms with Gasteiger partial charge in [0.15, 0.2) is 5.75 Å². The number of aromatic hydroxyl groups is 3. The highest BCUT2D eigenvalue weighted by atomic mass is 16.7. The van der Waals surface area contributed by atoms with Crippen molar-refractivity contribution in [2.75, 3.05) is 38.6 Å². The molecule has 4 aliphatic heterocycles. The van der Waals surface area contributed by atoms with Gasteiger partial charge in [-0.3, -0.25) is 39.5 Å². The molecule has 0 spiro atoms. The summed E-state index contributed by atoms with van der Waals surface area (Å²) in [7, 11) is 1.44. The first-order chi connectivity index (χ1) is 34.6. The SMILES string of the molecule is CO[C@H]1/C=C/O[C@@]2(C)Oc3c(C)c(O)c4c(O)c(c(/C=N/N5CCN(C6CCCC6)CC5)c(O)c4c3C2=O)NC(=O)/C(C)=C\C=C\[C@@H](C)[C@@H](O)[C@@H](C)[C@@H](O)[C@@H](C)[C@H](OC(C)=O)[C@H]1C.NNC(=O)c1ccncc1. The number of phenolic OH excluding ortho intramolecular Hbond substituents is 3. The number of rotatable bonds is 6. The van der Waals surface area contributed by atoms with Gasteiger partial charge in [0.2, 0.25) is 0 Å². The van der Waals surface area contributed by atoms with Crippen molar-refractivity contribution in [3.63, 3.8) is 0 Å². The number of hydrazone groups is 1. The molecule has 5 bridgehead atoms. The zero-order chi connectivity index (χ0) is 53.5. The van der Waals surface area contributed by atoms with Crippen LogP contribution in [0.3, 0.4) is 0 Å². The van der Waals surface area contributed by atoms with Crippen LogP contribution in [0.5, 0.6) is 23.0 Å².